The molecule has 0 saturated heterocycles. The molecule has 0 atom stereocenters. The third-order valence-corrected chi connectivity index (χ3v) is 9.99. The fourth-order valence-corrected chi connectivity index (χ4v) is 8.10. The largest absolute Gasteiger partial charge is 0.309 e. The summed E-state index contributed by atoms with van der Waals surface area (Å²) in [7, 11) is 0. The van der Waals surface area contributed by atoms with Crippen LogP contribution in [0.5, 0.6) is 0 Å². The van der Waals surface area contributed by atoms with E-state index in [1.807, 2.05) is 48.5 Å². The summed E-state index contributed by atoms with van der Waals surface area (Å²) in [6.45, 7) is 0. The molecule has 3 heterocycles. The van der Waals surface area contributed by atoms with Gasteiger partial charge in [0.15, 0.2) is 0 Å². The number of fused-ring (bicyclic) bond motifs is 10. The molecule has 9 aromatic rings. The van der Waals surface area contributed by atoms with E-state index in [-0.39, 0.29) is 0 Å². The van der Waals surface area contributed by atoms with E-state index in [2.05, 4.69) is 94.1 Å². The highest BCUT2D eigenvalue weighted by Crippen LogP contribution is 2.44. The Labute approximate surface area is 260 Å². The zero-order valence-electron chi connectivity index (χ0n) is 23.6. The van der Waals surface area contributed by atoms with Crippen LogP contribution in [0.15, 0.2) is 115 Å². The van der Waals surface area contributed by atoms with E-state index in [9.17, 15) is 15.8 Å². The van der Waals surface area contributed by atoms with Gasteiger partial charge in [0.2, 0.25) is 0 Å². The molecular weight excluding hydrogens is 571 g/mol. The Morgan fingerprint density at radius 2 is 1.07 bits per heavy atom. The molecular formula is C39H19N5S. The number of nitriles is 3. The number of rotatable bonds is 2. The molecule has 0 N–H and O–H groups in total. The van der Waals surface area contributed by atoms with Crippen molar-refractivity contribution in [3.63, 3.8) is 0 Å². The highest BCUT2D eigenvalue weighted by molar-refractivity contribution is 7.26. The van der Waals surface area contributed by atoms with Gasteiger partial charge >= 0.3 is 0 Å². The first-order chi connectivity index (χ1) is 22.2. The molecule has 9 rings (SSSR count). The predicted molar refractivity (Wildman–Crippen MR) is 182 cm³/mol. The molecule has 0 aliphatic rings. The maximum absolute atomic E-state index is 9.81. The highest BCUT2D eigenvalue weighted by atomic mass is 32.1. The average Bonchev–Trinajstić information content (AvgIpc) is 3.75. The fraction of sp³-hybridized carbons (Fsp3) is 0. The van der Waals surface area contributed by atoms with E-state index in [1.54, 1.807) is 11.3 Å². The molecule has 0 aliphatic heterocycles. The lowest BCUT2D eigenvalue weighted by Crippen LogP contribution is -1.98. The van der Waals surface area contributed by atoms with Crippen molar-refractivity contribution in [1.29, 1.82) is 15.8 Å². The number of hydrogen-bond acceptors (Lipinski definition) is 4. The standard InChI is InChI=1S/C39H19N5S/c40-20-23-11-13-33-30(17-23)31-18-24(21-41)12-14-34(31)43(33)26-6-4-7-27(19-26)44-32-10-2-1-8-28(32)37-35(44)15-16-36-38(37)29-9-3-5-25(22-42)39(29)45-36/h1-19H. The summed E-state index contributed by atoms with van der Waals surface area (Å²) in [5.74, 6) is 0. The fourth-order valence-electron chi connectivity index (χ4n) is 6.93. The van der Waals surface area contributed by atoms with Crippen LogP contribution in [0.2, 0.25) is 0 Å². The second-order valence-corrected chi connectivity index (χ2v) is 12.2. The van der Waals surface area contributed by atoms with Gasteiger partial charge in [-0.3, -0.25) is 0 Å². The quantitative estimate of drug-likeness (QED) is 0.201. The van der Waals surface area contributed by atoms with Crippen LogP contribution >= 0.6 is 11.3 Å². The Hall–Kier alpha value is -6.39. The molecule has 3 aromatic heterocycles. The lowest BCUT2D eigenvalue weighted by atomic mass is 10.0. The van der Waals surface area contributed by atoms with E-state index in [1.165, 1.54) is 10.8 Å². The highest BCUT2D eigenvalue weighted by Gasteiger charge is 2.20. The van der Waals surface area contributed by atoms with Gasteiger partial charge < -0.3 is 9.13 Å². The number of thiophene rings is 1. The Morgan fingerprint density at radius 1 is 0.467 bits per heavy atom. The van der Waals surface area contributed by atoms with Gasteiger partial charge in [-0.25, -0.2) is 0 Å². The van der Waals surface area contributed by atoms with E-state index in [0.29, 0.717) is 16.7 Å². The normalized spacial score (nSPS) is 11.5. The van der Waals surface area contributed by atoms with E-state index >= 15 is 0 Å². The molecule has 0 unspecified atom stereocenters. The van der Waals surface area contributed by atoms with Crippen molar-refractivity contribution in [3.05, 3.63) is 132 Å². The van der Waals surface area contributed by atoms with E-state index in [4.69, 9.17) is 0 Å². The molecule has 0 amide bonds. The minimum absolute atomic E-state index is 0.581. The molecule has 0 spiro atoms. The third-order valence-electron chi connectivity index (χ3n) is 8.79. The second-order valence-electron chi connectivity index (χ2n) is 11.1. The summed E-state index contributed by atoms with van der Waals surface area (Å²) in [6, 6.07) is 45.7. The maximum atomic E-state index is 9.81. The van der Waals surface area contributed by atoms with Gasteiger partial charge in [0.1, 0.15) is 6.07 Å². The summed E-state index contributed by atoms with van der Waals surface area (Å²) in [6.07, 6.45) is 0. The van der Waals surface area contributed by atoms with Crippen molar-refractivity contribution in [3.8, 4) is 29.6 Å². The summed E-state index contributed by atoms with van der Waals surface area (Å²) >= 11 is 1.67. The molecule has 0 saturated carbocycles. The molecule has 0 fully saturated rings. The number of aromatic nitrogens is 2. The van der Waals surface area contributed by atoms with E-state index in [0.717, 1.165) is 64.4 Å². The van der Waals surface area contributed by atoms with Gasteiger partial charge in [-0.15, -0.1) is 11.3 Å². The molecule has 5 nitrogen and oxygen atoms in total. The zero-order valence-corrected chi connectivity index (χ0v) is 24.4. The molecule has 6 heteroatoms. The minimum atomic E-state index is 0.581. The Bertz CT molecular complexity index is 2790. The molecule has 0 bridgehead atoms. The lowest BCUT2D eigenvalue weighted by molar-refractivity contribution is 1.13. The smallest absolute Gasteiger partial charge is 0.101 e. The SMILES string of the molecule is N#Cc1ccc2c(c1)c1cc(C#N)ccc1n2-c1cccc(-n2c3ccccc3c3c4c(ccc32)sc2c(C#N)cccc24)c1. The van der Waals surface area contributed by atoms with Crippen LogP contribution in [0, 0.1) is 34.0 Å². The predicted octanol–water partition coefficient (Wildman–Crippen LogP) is 9.86. The summed E-state index contributed by atoms with van der Waals surface area (Å²) in [5.41, 5.74) is 8.01. The maximum Gasteiger partial charge on any atom is 0.101 e. The second kappa shape index (κ2) is 9.30. The Balaban J connectivity index is 1.35. The summed E-state index contributed by atoms with van der Waals surface area (Å²) < 4.78 is 6.71. The topological polar surface area (TPSA) is 81.2 Å². The lowest BCUT2D eigenvalue weighted by Gasteiger charge is -2.13. The van der Waals surface area contributed by atoms with E-state index < -0.39 is 0 Å². The van der Waals surface area contributed by atoms with Gasteiger partial charge in [-0.2, -0.15) is 15.8 Å². The number of nitrogens with zero attached hydrogens (tertiary/aromatic N) is 5. The van der Waals surface area contributed by atoms with Crippen LogP contribution in [0.25, 0.3) is 75.2 Å². The first-order valence-corrected chi connectivity index (χ1v) is 15.3. The van der Waals surface area contributed by atoms with Gasteiger partial charge in [-0.1, -0.05) is 36.4 Å². The molecule has 0 radical (unpaired) electrons. The van der Waals surface area contributed by atoms with Crippen LogP contribution in [0.1, 0.15) is 16.7 Å². The molecule has 0 aliphatic carbocycles. The first-order valence-electron chi connectivity index (χ1n) is 14.5. The van der Waals surface area contributed by atoms with Crippen molar-refractivity contribution in [1.82, 2.24) is 9.13 Å². The van der Waals surface area contributed by atoms with Crippen LogP contribution in [-0.2, 0) is 0 Å². The molecule has 206 valence electrons. The number of hydrogen-bond donors (Lipinski definition) is 0. The van der Waals surface area contributed by atoms with Crippen molar-refractivity contribution >= 4 is 75.1 Å². The van der Waals surface area contributed by atoms with Crippen LogP contribution in [0.3, 0.4) is 0 Å². The third kappa shape index (κ3) is 3.45. The average molecular weight is 590 g/mol. The Kier molecular flexibility index (Phi) is 5.20. The van der Waals surface area contributed by atoms with Crippen molar-refractivity contribution < 1.29 is 0 Å². The van der Waals surface area contributed by atoms with Gasteiger partial charge in [-0.05, 0) is 78.9 Å². The molecule has 45 heavy (non-hydrogen) atoms. The molecule has 6 aromatic carbocycles. The van der Waals surface area contributed by atoms with Crippen LogP contribution in [-0.4, -0.2) is 9.13 Å². The number of para-hydroxylation sites is 1. The van der Waals surface area contributed by atoms with Gasteiger partial charge in [0.05, 0.1) is 55.6 Å². The van der Waals surface area contributed by atoms with Crippen molar-refractivity contribution in [2.24, 2.45) is 0 Å². The zero-order chi connectivity index (χ0) is 30.2. The van der Waals surface area contributed by atoms with Crippen LogP contribution in [0.4, 0.5) is 0 Å². The van der Waals surface area contributed by atoms with Gasteiger partial charge in [0.25, 0.3) is 0 Å². The number of benzene rings is 6. The monoisotopic (exact) mass is 589 g/mol. The summed E-state index contributed by atoms with van der Waals surface area (Å²) in [4.78, 5) is 0. The van der Waals surface area contributed by atoms with Crippen molar-refractivity contribution in [2.75, 3.05) is 0 Å². The van der Waals surface area contributed by atoms with Crippen LogP contribution < -0.4 is 0 Å². The Morgan fingerprint density at radius 3 is 1.76 bits per heavy atom. The summed E-state index contributed by atoms with van der Waals surface area (Å²) in [5, 5.41) is 35.6. The van der Waals surface area contributed by atoms with Gasteiger partial charge in [0, 0.05) is 48.4 Å². The first kappa shape index (κ1) is 25.1. The van der Waals surface area contributed by atoms with Crippen molar-refractivity contribution in [2.45, 2.75) is 0 Å². The minimum Gasteiger partial charge on any atom is -0.309 e.